The molecule has 0 aliphatic carbocycles. The van der Waals surface area contributed by atoms with Gasteiger partial charge in [0.25, 0.3) is 5.91 Å². The number of rotatable bonds is 9. The van der Waals surface area contributed by atoms with E-state index in [2.05, 4.69) is 22.2 Å². The van der Waals surface area contributed by atoms with Gasteiger partial charge in [0, 0.05) is 38.3 Å². The van der Waals surface area contributed by atoms with Crippen LogP contribution in [0, 0.1) is 0 Å². The second kappa shape index (κ2) is 10.9. The molecule has 2 aromatic carbocycles. The predicted octanol–water partition coefficient (Wildman–Crippen LogP) is 2.38. The largest absolute Gasteiger partial charge is 0.493 e. The summed E-state index contributed by atoms with van der Waals surface area (Å²) in [4.78, 5) is 29.0. The van der Waals surface area contributed by atoms with E-state index in [-0.39, 0.29) is 24.3 Å². The minimum atomic E-state index is -0.208. The molecule has 0 saturated carbocycles. The van der Waals surface area contributed by atoms with E-state index in [0.29, 0.717) is 17.1 Å². The van der Waals surface area contributed by atoms with Crippen LogP contribution in [0.3, 0.4) is 0 Å². The first-order valence-corrected chi connectivity index (χ1v) is 10.5. The number of nitrogens with one attached hydrogen (secondary N) is 1. The maximum absolute atomic E-state index is 12.7. The number of nitrogens with zero attached hydrogens (tertiary/aromatic N) is 2. The molecular weight excluding hydrogens is 394 g/mol. The lowest BCUT2D eigenvalue weighted by molar-refractivity contribution is -0.124. The van der Waals surface area contributed by atoms with Crippen LogP contribution in [-0.4, -0.2) is 75.0 Å². The molecule has 7 heteroatoms. The Bertz CT molecular complexity index is 880. The van der Waals surface area contributed by atoms with Crippen molar-refractivity contribution in [1.29, 1.82) is 0 Å². The van der Waals surface area contributed by atoms with Gasteiger partial charge in [0.15, 0.2) is 23.9 Å². The molecule has 31 heavy (non-hydrogen) atoms. The Balaban J connectivity index is 1.63. The van der Waals surface area contributed by atoms with Gasteiger partial charge in [0.2, 0.25) is 0 Å². The zero-order valence-corrected chi connectivity index (χ0v) is 18.5. The second-order valence-electron chi connectivity index (χ2n) is 7.85. The van der Waals surface area contributed by atoms with Crippen molar-refractivity contribution in [2.45, 2.75) is 13.0 Å². The van der Waals surface area contributed by atoms with Gasteiger partial charge in [0.05, 0.1) is 13.2 Å². The van der Waals surface area contributed by atoms with E-state index in [4.69, 9.17) is 9.47 Å². The van der Waals surface area contributed by atoms with Crippen LogP contribution in [0.15, 0.2) is 48.5 Å². The van der Waals surface area contributed by atoms with Gasteiger partial charge in [-0.15, -0.1) is 0 Å². The molecule has 0 bridgehead atoms. The summed E-state index contributed by atoms with van der Waals surface area (Å²) >= 11 is 0. The number of likely N-dealkylation sites (N-methyl/N-ethyl adjacent to an activating group) is 1. The number of ether oxygens (including phenoxy) is 2. The number of amides is 1. The number of benzene rings is 2. The molecule has 1 saturated heterocycles. The Morgan fingerprint density at radius 2 is 1.74 bits per heavy atom. The Morgan fingerprint density at radius 3 is 2.39 bits per heavy atom. The summed E-state index contributed by atoms with van der Waals surface area (Å²) in [5.41, 5.74) is 1.60. The molecule has 1 N–H and O–H groups in total. The zero-order chi connectivity index (χ0) is 22.2. The Morgan fingerprint density at radius 1 is 1.03 bits per heavy atom. The van der Waals surface area contributed by atoms with Gasteiger partial charge in [-0.05, 0) is 37.7 Å². The summed E-state index contributed by atoms with van der Waals surface area (Å²) in [6.45, 7) is 6.11. The SMILES string of the molecule is COc1cc(C(C)=O)ccc1OCC(=O)NC(CN1CCN(C)CC1)c1ccccc1. The van der Waals surface area contributed by atoms with E-state index in [9.17, 15) is 9.59 Å². The first kappa shape index (κ1) is 22.8. The average Bonchev–Trinajstić information content (AvgIpc) is 2.79. The van der Waals surface area contributed by atoms with Gasteiger partial charge in [-0.3, -0.25) is 14.5 Å². The number of carbonyl (C=O) groups is 2. The van der Waals surface area contributed by atoms with Gasteiger partial charge in [-0.25, -0.2) is 0 Å². The Labute approximate surface area is 183 Å². The van der Waals surface area contributed by atoms with Gasteiger partial charge < -0.3 is 19.7 Å². The quantitative estimate of drug-likeness (QED) is 0.622. The van der Waals surface area contributed by atoms with E-state index < -0.39 is 0 Å². The molecule has 1 aliphatic heterocycles. The van der Waals surface area contributed by atoms with Crippen LogP contribution in [0.4, 0.5) is 0 Å². The van der Waals surface area contributed by atoms with Gasteiger partial charge in [0.1, 0.15) is 0 Å². The van der Waals surface area contributed by atoms with Crippen molar-refractivity contribution >= 4 is 11.7 Å². The predicted molar refractivity (Wildman–Crippen MR) is 120 cm³/mol. The second-order valence-corrected chi connectivity index (χ2v) is 7.85. The maximum atomic E-state index is 12.7. The Kier molecular flexibility index (Phi) is 8.03. The van der Waals surface area contributed by atoms with Crippen LogP contribution in [0.2, 0.25) is 0 Å². The molecule has 0 spiro atoms. The average molecular weight is 426 g/mol. The van der Waals surface area contributed by atoms with Gasteiger partial charge in [-0.1, -0.05) is 30.3 Å². The fourth-order valence-electron chi connectivity index (χ4n) is 3.59. The van der Waals surface area contributed by atoms with Crippen molar-refractivity contribution in [3.8, 4) is 11.5 Å². The maximum Gasteiger partial charge on any atom is 0.258 e. The summed E-state index contributed by atoms with van der Waals surface area (Å²) in [7, 11) is 3.63. The normalized spacial score (nSPS) is 15.8. The van der Waals surface area contributed by atoms with Crippen molar-refractivity contribution < 1.29 is 19.1 Å². The molecule has 1 atom stereocenters. The molecule has 0 aromatic heterocycles. The van der Waals surface area contributed by atoms with Crippen LogP contribution < -0.4 is 14.8 Å². The third-order valence-corrected chi connectivity index (χ3v) is 5.50. The van der Waals surface area contributed by atoms with Crippen molar-refractivity contribution in [2.75, 3.05) is 53.5 Å². The molecule has 1 unspecified atom stereocenters. The van der Waals surface area contributed by atoms with Crippen molar-refractivity contribution in [3.63, 3.8) is 0 Å². The third kappa shape index (κ3) is 6.54. The fraction of sp³-hybridized carbons (Fsp3) is 0.417. The number of piperazine rings is 1. The van der Waals surface area contributed by atoms with E-state index in [1.165, 1.54) is 14.0 Å². The third-order valence-electron chi connectivity index (χ3n) is 5.50. The van der Waals surface area contributed by atoms with E-state index in [1.807, 2.05) is 30.3 Å². The van der Waals surface area contributed by atoms with Crippen LogP contribution in [0.25, 0.3) is 0 Å². The van der Waals surface area contributed by atoms with Crippen molar-refractivity contribution in [1.82, 2.24) is 15.1 Å². The van der Waals surface area contributed by atoms with E-state index in [1.54, 1.807) is 18.2 Å². The molecule has 1 fully saturated rings. The summed E-state index contributed by atoms with van der Waals surface area (Å²) < 4.78 is 11.0. The topological polar surface area (TPSA) is 71.1 Å². The lowest BCUT2D eigenvalue weighted by Crippen LogP contribution is -2.48. The van der Waals surface area contributed by atoms with E-state index in [0.717, 1.165) is 38.3 Å². The summed E-state index contributed by atoms with van der Waals surface area (Å²) in [6, 6.07) is 14.8. The van der Waals surface area contributed by atoms with E-state index >= 15 is 0 Å². The number of Topliss-reactive ketones (excluding diaryl/α,β-unsaturated/α-hetero) is 1. The lowest BCUT2D eigenvalue weighted by atomic mass is 10.1. The van der Waals surface area contributed by atoms with Crippen LogP contribution in [0.1, 0.15) is 28.9 Å². The molecule has 1 aliphatic rings. The molecule has 2 aromatic rings. The highest BCUT2D eigenvalue weighted by molar-refractivity contribution is 5.94. The number of ketones is 1. The Hall–Kier alpha value is -2.90. The standard InChI is InChI=1S/C24H31N3O4/c1-18(28)20-9-10-22(23(15-20)30-3)31-17-24(29)25-21(19-7-5-4-6-8-19)16-27-13-11-26(2)12-14-27/h4-10,15,21H,11-14,16-17H2,1-3H3,(H,25,29). The molecule has 1 heterocycles. The molecule has 3 rings (SSSR count). The molecule has 0 radical (unpaired) electrons. The molecule has 1 amide bonds. The van der Waals surface area contributed by atoms with Crippen molar-refractivity contribution in [3.05, 3.63) is 59.7 Å². The number of carbonyl (C=O) groups excluding carboxylic acids is 2. The highest BCUT2D eigenvalue weighted by atomic mass is 16.5. The minimum absolute atomic E-state index is 0.0581. The first-order chi connectivity index (χ1) is 15.0. The fourth-order valence-corrected chi connectivity index (χ4v) is 3.59. The zero-order valence-electron chi connectivity index (χ0n) is 18.5. The summed E-state index contributed by atoms with van der Waals surface area (Å²) in [6.07, 6.45) is 0. The first-order valence-electron chi connectivity index (χ1n) is 10.5. The monoisotopic (exact) mass is 425 g/mol. The van der Waals surface area contributed by atoms with Gasteiger partial charge in [-0.2, -0.15) is 0 Å². The highest BCUT2D eigenvalue weighted by Gasteiger charge is 2.21. The van der Waals surface area contributed by atoms with Crippen LogP contribution >= 0.6 is 0 Å². The molecule has 166 valence electrons. The van der Waals surface area contributed by atoms with Gasteiger partial charge >= 0.3 is 0 Å². The van der Waals surface area contributed by atoms with Crippen LogP contribution in [0.5, 0.6) is 11.5 Å². The lowest BCUT2D eigenvalue weighted by Gasteiger charge is -2.35. The number of hydrogen-bond acceptors (Lipinski definition) is 6. The summed E-state index contributed by atoms with van der Waals surface area (Å²) in [5.74, 6) is 0.591. The van der Waals surface area contributed by atoms with Crippen molar-refractivity contribution in [2.24, 2.45) is 0 Å². The minimum Gasteiger partial charge on any atom is -0.493 e. The molecular formula is C24H31N3O4. The molecule has 7 nitrogen and oxygen atoms in total. The highest BCUT2D eigenvalue weighted by Crippen LogP contribution is 2.28. The smallest absolute Gasteiger partial charge is 0.258 e. The summed E-state index contributed by atoms with van der Waals surface area (Å²) in [5, 5.41) is 3.12. The number of hydrogen-bond donors (Lipinski definition) is 1. The van der Waals surface area contributed by atoms with Crippen LogP contribution in [-0.2, 0) is 4.79 Å². The number of methoxy groups -OCH3 is 1.